The number of hydrogen-bond acceptors (Lipinski definition) is 4. The third kappa shape index (κ3) is 3.96. The van der Waals surface area contributed by atoms with E-state index in [-0.39, 0.29) is 0 Å². The van der Waals surface area contributed by atoms with Crippen LogP contribution in [0, 0.1) is 13.8 Å². The molecule has 45 heavy (non-hydrogen) atoms. The maximum Gasteiger partial charge on any atom is 0.180 e. The van der Waals surface area contributed by atoms with Gasteiger partial charge in [0.2, 0.25) is 0 Å². The summed E-state index contributed by atoms with van der Waals surface area (Å²) in [5.41, 5.74) is 10.6. The molecular weight excluding hydrogens is 550 g/mol. The third-order valence-corrected chi connectivity index (χ3v) is 8.96. The van der Waals surface area contributed by atoms with Crippen molar-refractivity contribution in [2.75, 3.05) is 0 Å². The highest BCUT2D eigenvalue weighted by Gasteiger charge is 2.22. The fourth-order valence-electron chi connectivity index (χ4n) is 6.75. The van der Waals surface area contributed by atoms with Crippen LogP contribution in [0.15, 0.2) is 132 Å². The van der Waals surface area contributed by atoms with Crippen molar-refractivity contribution in [1.82, 2.24) is 15.0 Å². The zero-order chi connectivity index (χ0) is 30.1. The van der Waals surface area contributed by atoms with Gasteiger partial charge in [-0.1, -0.05) is 103 Å². The lowest BCUT2D eigenvalue weighted by molar-refractivity contribution is 0.667. The van der Waals surface area contributed by atoms with Gasteiger partial charge in [-0.25, -0.2) is 15.0 Å². The standard InChI is InChI=1S/C41H27N3O/c1-24-12-3-5-15-27(24)33-23-34-29-17-7-8-18-31(29)39(42-35(34)22-25(33)2)41-43-37(30-20-11-14-26-13-4-6-16-28(26)30)40-38(44-41)32-19-9-10-21-36(32)45-40/h3-23H,1-2H3. The second-order valence-corrected chi connectivity index (χ2v) is 11.7. The van der Waals surface area contributed by atoms with Gasteiger partial charge in [0.25, 0.3) is 0 Å². The van der Waals surface area contributed by atoms with E-state index in [9.17, 15) is 0 Å². The summed E-state index contributed by atoms with van der Waals surface area (Å²) in [5, 5.41) is 6.47. The Labute approximate surface area is 259 Å². The smallest absolute Gasteiger partial charge is 0.180 e. The minimum Gasteiger partial charge on any atom is -0.452 e. The van der Waals surface area contributed by atoms with Crippen LogP contribution >= 0.6 is 0 Å². The fraction of sp³-hybridized carbons (Fsp3) is 0.0488. The van der Waals surface area contributed by atoms with Crippen molar-refractivity contribution >= 4 is 54.5 Å². The van der Waals surface area contributed by atoms with Crippen molar-refractivity contribution in [2.45, 2.75) is 13.8 Å². The predicted molar refractivity (Wildman–Crippen MR) is 185 cm³/mol. The van der Waals surface area contributed by atoms with Crippen molar-refractivity contribution in [3.05, 3.63) is 139 Å². The van der Waals surface area contributed by atoms with Gasteiger partial charge < -0.3 is 4.42 Å². The minimum absolute atomic E-state index is 0.579. The number of rotatable bonds is 3. The molecule has 0 unspecified atom stereocenters. The Kier molecular flexibility index (Phi) is 5.59. The van der Waals surface area contributed by atoms with Crippen LogP contribution in [-0.2, 0) is 0 Å². The predicted octanol–water partition coefficient (Wildman–Crippen LogP) is 10.8. The first-order valence-corrected chi connectivity index (χ1v) is 15.2. The molecule has 9 aromatic rings. The summed E-state index contributed by atoms with van der Waals surface area (Å²) in [6, 6.07) is 44.3. The molecule has 0 aliphatic carbocycles. The molecule has 0 aliphatic heterocycles. The fourth-order valence-corrected chi connectivity index (χ4v) is 6.75. The summed E-state index contributed by atoms with van der Waals surface area (Å²) >= 11 is 0. The maximum absolute atomic E-state index is 6.47. The Bertz CT molecular complexity index is 2630. The molecule has 212 valence electrons. The number of fused-ring (bicyclic) bond motifs is 7. The number of para-hydroxylation sites is 1. The number of hydrogen-bond donors (Lipinski definition) is 0. The molecule has 0 bridgehead atoms. The summed E-state index contributed by atoms with van der Waals surface area (Å²) in [5.74, 6) is 0.579. The van der Waals surface area contributed by atoms with Gasteiger partial charge in [0.15, 0.2) is 11.4 Å². The Morgan fingerprint density at radius 1 is 0.467 bits per heavy atom. The zero-order valence-corrected chi connectivity index (χ0v) is 24.9. The van der Waals surface area contributed by atoms with E-state index < -0.39 is 0 Å². The van der Waals surface area contributed by atoms with Gasteiger partial charge in [0, 0.05) is 21.7 Å². The van der Waals surface area contributed by atoms with Crippen molar-refractivity contribution in [2.24, 2.45) is 0 Å². The van der Waals surface area contributed by atoms with Crippen LogP contribution in [0.3, 0.4) is 0 Å². The Hall–Kier alpha value is -5.87. The second kappa shape index (κ2) is 9.83. The van der Waals surface area contributed by atoms with E-state index in [2.05, 4.69) is 123 Å². The molecule has 6 aromatic carbocycles. The molecular formula is C41H27N3O. The first kappa shape index (κ1) is 25.6. The summed E-state index contributed by atoms with van der Waals surface area (Å²) in [6.07, 6.45) is 0. The summed E-state index contributed by atoms with van der Waals surface area (Å²) in [4.78, 5) is 15.8. The Morgan fingerprint density at radius 2 is 1.16 bits per heavy atom. The Balaban J connectivity index is 1.37. The molecule has 4 heteroatoms. The van der Waals surface area contributed by atoms with Crippen LogP contribution in [0.5, 0.6) is 0 Å². The minimum atomic E-state index is 0.579. The third-order valence-electron chi connectivity index (χ3n) is 8.96. The molecule has 9 rings (SSSR count). The quantitative estimate of drug-likeness (QED) is 0.196. The van der Waals surface area contributed by atoms with E-state index in [1.54, 1.807) is 0 Å². The largest absolute Gasteiger partial charge is 0.452 e. The first-order chi connectivity index (χ1) is 22.1. The van der Waals surface area contributed by atoms with Gasteiger partial charge in [0.05, 0.1) is 5.52 Å². The molecule has 0 fully saturated rings. The molecule has 0 saturated carbocycles. The average molecular weight is 578 g/mol. The molecule has 0 aliphatic rings. The lowest BCUT2D eigenvalue weighted by Gasteiger charge is -2.15. The summed E-state index contributed by atoms with van der Waals surface area (Å²) < 4.78 is 6.47. The molecule has 3 aromatic heterocycles. The molecule has 0 atom stereocenters. The molecule has 0 saturated heterocycles. The van der Waals surface area contributed by atoms with Crippen LogP contribution in [0.25, 0.3) is 88.4 Å². The van der Waals surface area contributed by atoms with Crippen molar-refractivity contribution < 1.29 is 4.42 Å². The van der Waals surface area contributed by atoms with E-state index >= 15 is 0 Å². The topological polar surface area (TPSA) is 51.8 Å². The van der Waals surface area contributed by atoms with Gasteiger partial charge in [-0.3, -0.25) is 0 Å². The van der Waals surface area contributed by atoms with Crippen molar-refractivity contribution in [3.8, 4) is 33.9 Å². The molecule has 0 N–H and O–H groups in total. The molecule has 3 heterocycles. The van der Waals surface area contributed by atoms with Crippen LogP contribution in [0.2, 0.25) is 0 Å². The number of aryl methyl sites for hydroxylation is 2. The van der Waals surface area contributed by atoms with Crippen LogP contribution in [0.1, 0.15) is 11.1 Å². The van der Waals surface area contributed by atoms with E-state index in [1.165, 1.54) is 22.3 Å². The molecule has 0 spiro atoms. The highest BCUT2D eigenvalue weighted by atomic mass is 16.3. The van der Waals surface area contributed by atoms with Gasteiger partial charge in [-0.15, -0.1) is 0 Å². The highest BCUT2D eigenvalue weighted by molar-refractivity contribution is 6.13. The van der Waals surface area contributed by atoms with Gasteiger partial charge in [-0.05, 0) is 76.5 Å². The second-order valence-electron chi connectivity index (χ2n) is 11.7. The van der Waals surface area contributed by atoms with E-state index in [0.29, 0.717) is 11.4 Å². The maximum atomic E-state index is 6.47. The lowest BCUT2D eigenvalue weighted by Crippen LogP contribution is -1.98. The monoisotopic (exact) mass is 577 g/mol. The molecule has 0 radical (unpaired) electrons. The van der Waals surface area contributed by atoms with Crippen LogP contribution < -0.4 is 0 Å². The molecule has 4 nitrogen and oxygen atoms in total. The van der Waals surface area contributed by atoms with E-state index in [4.69, 9.17) is 19.4 Å². The van der Waals surface area contributed by atoms with Crippen LogP contribution in [-0.4, -0.2) is 15.0 Å². The van der Waals surface area contributed by atoms with Crippen LogP contribution in [0.4, 0.5) is 0 Å². The zero-order valence-electron chi connectivity index (χ0n) is 24.9. The Morgan fingerprint density at radius 3 is 2.02 bits per heavy atom. The number of pyridine rings is 1. The summed E-state index contributed by atoms with van der Waals surface area (Å²) in [7, 11) is 0. The average Bonchev–Trinajstić information content (AvgIpc) is 3.46. The number of furan rings is 1. The number of aromatic nitrogens is 3. The van der Waals surface area contributed by atoms with E-state index in [1.807, 2.05) is 18.2 Å². The summed E-state index contributed by atoms with van der Waals surface area (Å²) in [6.45, 7) is 4.33. The first-order valence-electron chi connectivity index (χ1n) is 15.2. The number of benzene rings is 6. The van der Waals surface area contributed by atoms with Crippen molar-refractivity contribution in [3.63, 3.8) is 0 Å². The highest BCUT2D eigenvalue weighted by Crippen LogP contribution is 2.40. The van der Waals surface area contributed by atoms with Gasteiger partial charge >= 0.3 is 0 Å². The molecule has 0 amide bonds. The van der Waals surface area contributed by atoms with Gasteiger partial charge in [-0.2, -0.15) is 0 Å². The normalized spacial score (nSPS) is 11.8. The van der Waals surface area contributed by atoms with Gasteiger partial charge in [0.1, 0.15) is 22.5 Å². The lowest BCUT2D eigenvalue weighted by atomic mass is 9.93. The van der Waals surface area contributed by atoms with Crippen molar-refractivity contribution in [1.29, 1.82) is 0 Å². The SMILES string of the molecule is Cc1ccccc1-c1cc2c(cc1C)nc(-c1nc(-c3cccc4ccccc34)c3oc4ccccc4c3n1)c1ccccc12. The number of nitrogens with zero attached hydrogens (tertiary/aromatic N) is 3. The van der Waals surface area contributed by atoms with E-state index in [0.717, 1.165) is 65.9 Å².